The van der Waals surface area contributed by atoms with Crippen LogP contribution in [0.5, 0.6) is 0 Å². The van der Waals surface area contributed by atoms with Crippen LogP contribution >= 0.6 is 0 Å². The standard InChI is InChI=1S/C11H22N4O2S/c1-3-5-10(4-2)14-18(16,17)11-8-13-15(9-11)7-6-12/h8-10,14H,3-7,12H2,1-2H3. The summed E-state index contributed by atoms with van der Waals surface area (Å²) in [5, 5.41) is 3.97. The molecule has 0 aliphatic carbocycles. The lowest BCUT2D eigenvalue weighted by Gasteiger charge is -2.15. The lowest BCUT2D eigenvalue weighted by Crippen LogP contribution is -2.34. The van der Waals surface area contributed by atoms with Crippen molar-refractivity contribution in [1.29, 1.82) is 0 Å². The van der Waals surface area contributed by atoms with Crippen LogP contribution < -0.4 is 10.5 Å². The highest BCUT2D eigenvalue weighted by Gasteiger charge is 2.20. The summed E-state index contributed by atoms with van der Waals surface area (Å²) in [6.45, 7) is 4.96. The second kappa shape index (κ2) is 6.86. The second-order valence-electron chi connectivity index (χ2n) is 4.24. The van der Waals surface area contributed by atoms with E-state index in [9.17, 15) is 8.42 Å². The van der Waals surface area contributed by atoms with Gasteiger partial charge < -0.3 is 5.73 Å². The Morgan fingerprint density at radius 1 is 1.50 bits per heavy atom. The molecule has 1 rings (SSSR count). The van der Waals surface area contributed by atoms with Crippen LogP contribution in [0, 0.1) is 0 Å². The predicted molar refractivity (Wildman–Crippen MR) is 70.6 cm³/mol. The molecule has 0 amide bonds. The molecule has 0 radical (unpaired) electrons. The molecule has 0 aliphatic heterocycles. The van der Waals surface area contributed by atoms with Crippen LogP contribution in [-0.2, 0) is 16.6 Å². The smallest absolute Gasteiger partial charge is 0.243 e. The van der Waals surface area contributed by atoms with E-state index < -0.39 is 10.0 Å². The number of nitrogens with zero attached hydrogens (tertiary/aromatic N) is 2. The van der Waals surface area contributed by atoms with Crippen LogP contribution in [-0.4, -0.2) is 30.8 Å². The van der Waals surface area contributed by atoms with Gasteiger partial charge in [-0.3, -0.25) is 4.68 Å². The van der Waals surface area contributed by atoms with Crippen molar-refractivity contribution >= 4 is 10.0 Å². The largest absolute Gasteiger partial charge is 0.329 e. The summed E-state index contributed by atoms with van der Waals surface area (Å²) in [7, 11) is -3.47. The minimum atomic E-state index is -3.47. The summed E-state index contributed by atoms with van der Waals surface area (Å²) in [5.74, 6) is 0. The van der Waals surface area contributed by atoms with E-state index in [0.717, 1.165) is 19.3 Å². The van der Waals surface area contributed by atoms with Gasteiger partial charge in [-0.2, -0.15) is 5.10 Å². The Morgan fingerprint density at radius 2 is 2.22 bits per heavy atom. The van der Waals surface area contributed by atoms with Crippen LogP contribution in [0.2, 0.25) is 0 Å². The van der Waals surface area contributed by atoms with E-state index in [2.05, 4.69) is 9.82 Å². The lowest BCUT2D eigenvalue weighted by atomic mass is 10.1. The monoisotopic (exact) mass is 274 g/mol. The van der Waals surface area contributed by atoms with Crippen LogP contribution in [0.3, 0.4) is 0 Å². The minimum absolute atomic E-state index is 0.0159. The lowest BCUT2D eigenvalue weighted by molar-refractivity contribution is 0.512. The molecule has 0 aliphatic rings. The molecule has 0 bridgehead atoms. The molecule has 0 aromatic carbocycles. The van der Waals surface area contributed by atoms with Gasteiger partial charge in [0, 0.05) is 18.8 Å². The molecule has 1 heterocycles. The number of rotatable bonds is 8. The Balaban J connectivity index is 2.78. The van der Waals surface area contributed by atoms with Crippen molar-refractivity contribution in [3.8, 4) is 0 Å². The van der Waals surface area contributed by atoms with Crippen molar-refractivity contribution in [3.63, 3.8) is 0 Å². The number of aromatic nitrogens is 2. The molecule has 0 spiro atoms. The molecule has 0 fully saturated rings. The van der Waals surface area contributed by atoms with Gasteiger partial charge in [0.1, 0.15) is 4.90 Å². The van der Waals surface area contributed by atoms with Gasteiger partial charge in [-0.1, -0.05) is 20.3 Å². The maximum Gasteiger partial charge on any atom is 0.243 e. The van der Waals surface area contributed by atoms with Crippen molar-refractivity contribution in [1.82, 2.24) is 14.5 Å². The first-order valence-corrected chi connectivity index (χ1v) is 7.76. The van der Waals surface area contributed by atoms with E-state index >= 15 is 0 Å². The van der Waals surface area contributed by atoms with E-state index in [1.54, 1.807) is 0 Å². The highest BCUT2D eigenvalue weighted by atomic mass is 32.2. The van der Waals surface area contributed by atoms with Crippen molar-refractivity contribution in [3.05, 3.63) is 12.4 Å². The molecule has 6 nitrogen and oxygen atoms in total. The molecule has 0 saturated heterocycles. The molecule has 1 aromatic rings. The molecule has 0 saturated carbocycles. The Morgan fingerprint density at radius 3 is 2.78 bits per heavy atom. The molecule has 104 valence electrons. The van der Waals surface area contributed by atoms with Crippen molar-refractivity contribution in [2.24, 2.45) is 5.73 Å². The van der Waals surface area contributed by atoms with Gasteiger partial charge >= 0.3 is 0 Å². The predicted octanol–water partition coefficient (Wildman–Crippen LogP) is 0.699. The Labute approximate surface area is 109 Å². The average Bonchev–Trinajstić information content (AvgIpc) is 2.78. The fraction of sp³-hybridized carbons (Fsp3) is 0.727. The zero-order chi connectivity index (χ0) is 13.6. The summed E-state index contributed by atoms with van der Waals surface area (Å²) >= 11 is 0. The molecular weight excluding hydrogens is 252 g/mol. The third-order valence-electron chi connectivity index (χ3n) is 2.73. The second-order valence-corrected chi connectivity index (χ2v) is 5.96. The quantitative estimate of drug-likeness (QED) is 0.730. The summed E-state index contributed by atoms with van der Waals surface area (Å²) in [5.41, 5.74) is 5.39. The first kappa shape index (κ1) is 15.1. The highest BCUT2D eigenvalue weighted by molar-refractivity contribution is 7.89. The average molecular weight is 274 g/mol. The van der Waals surface area contributed by atoms with E-state index in [1.165, 1.54) is 17.1 Å². The van der Waals surface area contributed by atoms with Gasteiger partial charge in [0.25, 0.3) is 0 Å². The zero-order valence-electron chi connectivity index (χ0n) is 11.0. The summed E-state index contributed by atoms with van der Waals surface area (Å²) in [6, 6.07) is -0.0159. The van der Waals surface area contributed by atoms with Crippen LogP contribution in [0.1, 0.15) is 33.1 Å². The summed E-state index contributed by atoms with van der Waals surface area (Å²) in [4.78, 5) is 0.200. The SMILES string of the molecule is CCCC(CC)NS(=O)(=O)c1cnn(CCN)c1. The van der Waals surface area contributed by atoms with Gasteiger partial charge in [0.15, 0.2) is 0 Å². The molecule has 3 N–H and O–H groups in total. The zero-order valence-corrected chi connectivity index (χ0v) is 11.8. The number of hydrogen-bond donors (Lipinski definition) is 2. The topological polar surface area (TPSA) is 90.0 Å². The minimum Gasteiger partial charge on any atom is -0.329 e. The molecule has 18 heavy (non-hydrogen) atoms. The van der Waals surface area contributed by atoms with E-state index in [4.69, 9.17) is 5.73 Å². The van der Waals surface area contributed by atoms with Crippen molar-refractivity contribution in [2.45, 2.75) is 50.6 Å². The van der Waals surface area contributed by atoms with E-state index in [-0.39, 0.29) is 10.9 Å². The molecule has 7 heteroatoms. The third-order valence-corrected chi connectivity index (χ3v) is 4.20. The Hall–Kier alpha value is -0.920. The number of nitrogens with one attached hydrogen (secondary N) is 1. The van der Waals surface area contributed by atoms with Crippen LogP contribution in [0.25, 0.3) is 0 Å². The van der Waals surface area contributed by atoms with Crippen molar-refractivity contribution in [2.75, 3.05) is 6.54 Å². The van der Waals surface area contributed by atoms with E-state index in [1.807, 2.05) is 13.8 Å². The fourth-order valence-electron chi connectivity index (χ4n) is 1.72. The number of hydrogen-bond acceptors (Lipinski definition) is 4. The van der Waals surface area contributed by atoms with Gasteiger partial charge in [0.05, 0.1) is 12.7 Å². The normalized spacial score (nSPS) is 13.7. The summed E-state index contributed by atoms with van der Waals surface area (Å²) < 4.78 is 28.4. The van der Waals surface area contributed by atoms with Gasteiger partial charge in [-0.15, -0.1) is 0 Å². The van der Waals surface area contributed by atoms with Crippen LogP contribution in [0.4, 0.5) is 0 Å². The fourth-order valence-corrected chi connectivity index (χ4v) is 3.03. The van der Waals surface area contributed by atoms with E-state index in [0.29, 0.717) is 13.1 Å². The Kier molecular flexibility index (Phi) is 5.77. The third kappa shape index (κ3) is 4.08. The van der Waals surface area contributed by atoms with Gasteiger partial charge in [-0.05, 0) is 12.8 Å². The molecule has 1 atom stereocenters. The first-order chi connectivity index (χ1) is 8.53. The maximum absolute atomic E-state index is 12.1. The van der Waals surface area contributed by atoms with Gasteiger partial charge in [-0.25, -0.2) is 13.1 Å². The molecule has 1 unspecified atom stereocenters. The molecule has 1 aromatic heterocycles. The summed E-state index contributed by atoms with van der Waals surface area (Å²) in [6.07, 6.45) is 5.44. The molecular formula is C11H22N4O2S. The first-order valence-electron chi connectivity index (χ1n) is 6.28. The number of sulfonamides is 1. The Bertz CT molecular complexity index is 455. The van der Waals surface area contributed by atoms with Gasteiger partial charge in [0.2, 0.25) is 10.0 Å². The maximum atomic E-state index is 12.1. The van der Waals surface area contributed by atoms with Crippen LogP contribution in [0.15, 0.2) is 17.3 Å². The number of nitrogens with two attached hydrogens (primary N) is 1. The highest BCUT2D eigenvalue weighted by Crippen LogP contribution is 2.10. The van der Waals surface area contributed by atoms with Crippen molar-refractivity contribution < 1.29 is 8.42 Å².